The molecule has 2 aromatic carbocycles. The molecule has 1 aliphatic rings. The summed E-state index contributed by atoms with van der Waals surface area (Å²) >= 11 is 0. The van der Waals surface area contributed by atoms with Gasteiger partial charge in [0.25, 0.3) is 0 Å². The third kappa shape index (κ3) is 18.9. The molecule has 8 N–H and O–H groups in total. The molecule has 0 aliphatic carbocycles. The number of amides is 3. The minimum Gasteiger partial charge on any atom is -0.508 e. The van der Waals surface area contributed by atoms with Crippen molar-refractivity contribution in [2.24, 2.45) is 23.5 Å². The Morgan fingerprint density at radius 2 is 1.25 bits per heavy atom. The number of rotatable bonds is 27. The Bertz CT molecular complexity index is 1860. The van der Waals surface area contributed by atoms with Crippen LogP contribution in [-0.4, -0.2) is 147 Å². The zero-order chi connectivity index (χ0) is 47.3. The molecular weight excluding hydrogens is 829 g/mol. The molecule has 0 saturated carbocycles. The van der Waals surface area contributed by atoms with E-state index in [0.29, 0.717) is 32.4 Å². The van der Waals surface area contributed by atoms with Crippen LogP contribution in [0.15, 0.2) is 48.5 Å². The molecule has 1 fully saturated rings. The Labute approximate surface area is 374 Å². The Morgan fingerprint density at radius 1 is 0.703 bits per heavy atom. The van der Waals surface area contributed by atoms with E-state index < -0.39 is 53.6 Å². The summed E-state index contributed by atoms with van der Waals surface area (Å²) in [6.07, 6.45) is 1.28. The Kier molecular flexibility index (Phi) is 22.0. The van der Waals surface area contributed by atoms with Crippen molar-refractivity contribution in [3.05, 3.63) is 65.2 Å². The standard InChI is InChI=1S/C46H66N6O12/c1-4-30(2)43(49-44(61)31(3)25-33-10-14-36(53)15-11-33)39(55)26-35(12-18-40(47)56)45(62)48-27-34-7-5-32(6-8-34)9-13-37(54)16-17-38(46(63)64)52-23-21-50(28-41(57)58)19-20-51(22-24-52)29-42(59)60/h5-8,10-11,14-15,30-31,35,38,43,53H,4,9,12-13,16-29H2,1-3H3,(H2,47,56)(H,48,62)(H,49,61)(H,57,58)(H,59,60)(H,63,64)/t30?,31-,35+,38?,43-/m0/s1. The summed E-state index contributed by atoms with van der Waals surface area (Å²) in [5, 5.41) is 44.1. The van der Waals surface area contributed by atoms with Gasteiger partial charge in [0.15, 0.2) is 5.78 Å². The fourth-order valence-corrected chi connectivity index (χ4v) is 7.66. The van der Waals surface area contributed by atoms with Crippen molar-refractivity contribution in [2.45, 2.75) is 97.2 Å². The van der Waals surface area contributed by atoms with Gasteiger partial charge in [-0.15, -0.1) is 0 Å². The topological polar surface area (TPSA) is 277 Å². The molecule has 0 aromatic heterocycles. The molecule has 18 nitrogen and oxygen atoms in total. The van der Waals surface area contributed by atoms with Gasteiger partial charge in [0.1, 0.15) is 17.6 Å². The Morgan fingerprint density at radius 3 is 1.78 bits per heavy atom. The van der Waals surface area contributed by atoms with Gasteiger partial charge in [-0.3, -0.25) is 53.1 Å². The number of benzene rings is 2. The molecule has 3 amide bonds. The maximum Gasteiger partial charge on any atom is 0.320 e. The summed E-state index contributed by atoms with van der Waals surface area (Å²) in [5.41, 5.74) is 7.84. The molecule has 5 atom stereocenters. The van der Waals surface area contributed by atoms with E-state index in [1.54, 1.807) is 58.0 Å². The number of nitrogens with one attached hydrogen (secondary N) is 2. The molecule has 352 valence electrons. The van der Waals surface area contributed by atoms with Gasteiger partial charge in [-0.05, 0) is 60.4 Å². The second kappa shape index (κ2) is 26.8. The third-order valence-corrected chi connectivity index (χ3v) is 11.8. The molecule has 1 heterocycles. The van der Waals surface area contributed by atoms with Crippen molar-refractivity contribution in [1.29, 1.82) is 0 Å². The highest BCUT2D eigenvalue weighted by Crippen LogP contribution is 2.21. The minimum absolute atomic E-state index is 0.000694. The fraction of sp³-hybridized carbons (Fsp3) is 0.565. The van der Waals surface area contributed by atoms with Crippen molar-refractivity contribution < 1.29 is 58.8 Å². The Hall–Kier alpha value is -5.72. The summed E-state index contributed by atoms with van der Waals surface area (Å²) in [6, 6.07) is 11.9. The summed E-state index contributed by atoms with van der Waals surface area (Å²) in [4.78, 5) is 105. The van der Waals surface area contributed by atoms with Crippen LogP contribution in [0.2, 0.25) is 0 Å². The normalized spacial score (nSPS) is 16.4. The first-order valence-corrected chi connectivity index (χ1v) is 22.0. The summed E-state index contributed by atoms with van der Waals surface area (Å²) in [5.74, 6) is -6.53. The van der Waals surface area contributed by atoms with Gasteiger partial charge in [0.2, 0.25) is 17.7 Å². The highest BCUT2D eigenvalue weighted by Gasteiger charge is 2.32. The van der Waals surface area contributed by atoms with E-state index in [0.717, 1.165) is 16.7 Å². The van der Waals surface area contributed by atoms with E-state index in [2.05, 4.69) is 10.6 Å². The number of phenols is 1. The maximum atomic E-state index is 13.7. The van der Waals surface area contributed by atoms with Crippen LogP contribution < -0.4 is 16.4 Å². The fourth-order valence-electron chi connectivity index (χ4n) is 7.66. The predicted octanol–water partition coefficient (Wildman–Crippen LogP) is 2.08. The quantitative estimate of drug-likeness (QED) is 0.0677. The predicted molar refractivity (Wildman–Crippen MR) is 236 cm³/mol. The zero-order valence-corrected chi connectivity index (χ0v) is 37.2. The first-order valence-electron chi connectivity index (χ1n) is 22.0. The van der Waals surface area contributed by atoms with Gasteiger partial charge in [0.05, 0.1) is 19.1 Å². The van der Waals surface area contributed by atoms with Crippen molar-refractivity contribution in [3.63, 3.8) is 0 Å². The summed E-state index contributed by atoms with van der Waals surface area (Å²) < 4.78 is 0. The van der Waals surface area contributed by atoms with Gasteiger partial charge in [0, 0.05) is 83.3 Å². The number of carbonyl (C=O) groups is 8. The first-order chi connectivity index (χ1) is 30.3. The maximum absolute atomic E-state index is 13.7. The number of hydrogen-bond acceptors (Lipinski definition) is 12. The van der Waals surface area contributed by atoms with E-state index in [-0.39, 0.29) is 113 Å². The summed E-state index contributed by atoms with van der Waals surface area (Å²) in [7, 11) is 0. The molecule has 64 heavy (non-hydrogen) atoms. The number of carboxylic acid groups (broad SMARTS) is 3. The number of aryl methyl sites for hydroxylation is 1. The average Bonchev–Trinajstić information content (AvgIpc) is 3.33. The number of primary amides is 1. The number of phenolic OH excluding ortho intramolecular Hbond substituents is 1. The van der Waals surface area contributed by atoms with Crippen LogP contribution in [0.3, 0.4) is 0 Å². The number of hydrogen-bond donors (Lipinski definition) is 7. The molecule has 2 unspecified atom stereocenters. The van der Waals surface area contributed by atoms with Gasteiger partial charge in [-0.2, -0.15) is 0 Å². The Balaban J connectivity index is 1.55. The number of nitrogens with two attached hydrogens (primary N) is 1. The van der Waals surface area contributed by atoms with Crippen LogP contribution in [0.1, 0.15) is 82.4 Å². The van der Waals surface area contributed by atoms with Crippen LogP contribution in [0.4, 0.5) is 0 Å². The number of aromatic hydroxyl groups is 1. The summed E-state index contributed by atoms with van der Waals surface area (Å²) in [6.45, 7) is 6.72. The second-order valence-corrected chi connectivity index (χ2v) is 16.9. The van der Waals surface area contributed by atoms with Crippen LogP contribution in [0.25, 0.3) is 0 Å². The van der Waals surface area contributed by atoms with Gasteiger partial charge >= 0.3 is 17.9 Å². The minimum atomic E-state index is -1.12. The van der Waals surface area contributed by atoms with E-state index in [1.807, 2.05) is 26.0 Å². The van der Waals surface area contributed by atoms with Crippen LogP contribution in [-0.2, 0) is 57.7 Å². The van der Waals surface area contributed by atoms with Crippen LogP contribution in [0, 0.1) is 17.8 Å². The van der Waals surface area contributed by atoms with Gasteiger partial charge in [-0.25, -0.2) is 0 Å². The molecule has 0 bridgehead atoms. The lowest BCUT2D eigenvalue weighted by Crippen LogP contribution is -2.48. The van der Waals surface area contributed by atoms with Crippen molar-refractivity contribution in [2.75, 3.05) is 52.4 Å². The van der Waals surface area contributed by atoms with Crippen molar-refractivity contribution in [3.8, 4) is 5.75 Å². The third-order valence-electron chi connectivity index (χ3n) is 11.8. The van der Waals surface area contributed by atoms with Crippen molar-refractivity contribution >= 4 is 47.2 Å². The lowest BCUT2D eigenvalue weighted by Gasteiger charge is -2.30. The van der Waals surface area contributed by atoms with Crippen LogP contribution in [0.5, 0.6) is 5.75 Å². The molecule has 1 saturated heterocycles. The van der Waals surface area contributed by atoms with Gasteiger partial charge < -0.3 is 36.8 Å². The van der Waals surface area contributed by atoms with Crippen LogP contribution >= 0.6 is 0 Å². The van der Waals surface area contributed by atoms with E-state index in [4.69, 9.17) is 5.73 Å². The van der Waals surface area contributed by atoms with E-state index in [1.165, 1.54) is 0 Å². The second-order valence-electron chi connectivity index (χ2n) is 16.9. The van der Waals surface area contributed by atoms with E-state index >= 15 is 0 Å². The smallest absolute Gasteiger partial charge is 0.320 e. The molecule has 0 radical (unpaired) electrons. The molecule has 1 aliphatic heterocycles. The number of aliphatic carboxylic acids is 3. The molecular formula is C46H66N6O12. The largest absolute Gasteiger partial charge is 0.508 e. The first kappa shape index (κ1) is 52.6. The molecule has 0 spiro atoms. The number of carboxylic acids is 3. The molecule has 2 aromatic rings. The number of nitrogens with zero attached hydrogens (tertiary/aromatic N) is 3. The lowest BCUT2D eigenvalue weighted by atomic mass is 9.87. The number of ketones is 2. The monoisotopic (exact) mass is 894 g/mol. The highest BCUT2D eigenvalue weighted by molar-refractivity contribution is 5.93. The number of Topliss-reactive ketones (excluding diaryl/α,β-unsaturated/α-hetero) is 2. The lowest BCUT2D eigenvalue weighted by molar-refractivity contribution is -0.144. The zero-order valence-electron chi connectivity index (χ0n) is 37.2. The average molecular weight is 895 g/mol. The molecule has 18 heteroatoms. The van der Waals surface area contributed by atoms with E-state index in [9.17, 15) is 58.8 Å². The van der Waals surface area contributed by atoms with Gasteiger partial charge in [-0.1, -0.05) is 63.6 Å². The number of carbonyl (C=O) groups excluding carboxylic acids is 5. The SMILES string of the molecule is CCC(C)[C@H](NC(=O)[C@@H](C)Cc1ccc(O)cc1)C(=O)C[C@@H](CCC(N)=O)C(=O)NCc1ccc(CCC(=O)CCC(C(=O)O)N2CCN(CC(=O)O)CCN(CC(=O)O)CC2)cc1. The highest BCUT2D eigenvalue weighted by atomic mass is 16.4. The van der Waals surface area contributed by atoms with Crippen molar-refractivity contribution in [1.82, 2.24) is 25.3 Å². The molecule has 3 rings (SSSR count).